The molecule has 0 rings (SSSR count). The lowest BCUT2D eigenvalue weighted by molar-refractivity contribution is -0.136. The third-order valence-electron chi connectivity index (χ3n) is 18.8. The smallest absolute Gasteiger partial charge is 0.243 e. The fourth-order valence-corrected chi connectivity index (χ4v) is 12.7. The van der Waals surface area contributed by atoms with Crippen molar-refractivity contribution in [3.63, 3.8) is 0 Å². The molecule has 0 radical (unpaired) electrons. The van der Waals surface area contributed by atoms with Crippen LogP contribution in [-0.4, -0.2) is 194 Å². The maximum Gasteiger partial charge on any atom is 0.243 e. The molecule has 35 heteroatoms. The van der Waals surface area contributed by atoms with Crippen LogP contribution in [0.15, 0.2) is 15.0 Å². The molecule has 0 aromatic rings. The maximum atomic E-state index is 14.5. The van der Waals surface area contributed by atoms with Gasteiger partial charge >= 0.3 is 0 Å². The van der Waals surface area contributed by atoms with Gasteiger partial charge in [0.15, 0.2) is 17.9 Å². The summed E-state index contributed by atoms with van der Waals surface area (Å²) in [5, 5.41) is 35.2. The molecule has 25 N–H and O–H groups in total. The monoisotopic (exact) mass is 1630 g/mol. The molecule has 0 bridgehead atoms. The minimum absolute atomic E-state index is 0.00403. The highest BCUT2D eigenvalue weighted by molar-refractivity contribution is 6.00. The molecule has 0 aromatic carbocycles. The lowest BCUT2D eigenvalue weighted by atomic mass is 9.99. The Morgan fingerprint density at radius 2 is 0.443 bits per heavy atom. The third kappa shape index (κ3) is 50.1. The van der Waals surface area contributed by atoms with Crippen molar-refractivity contribution in [2.75, 3.05) is 26.7 Å². The van der Waals surface area contributed by atoms with Crippen molar-refractivity contribution >= 4 is 94.7 Å². The Bertz CT molecular complexity index is 3060. The lowest BCUT2D eigenvalue weighted by Gasteiger charge is -2.29. The van der Waals surface area contributed by atoms with Crippen molar-refractivity contribution in [2.24, 2.45) is 84.9 Å². The second kappa shape index (κ2) is 59.6. The molecular formula is C80H152N22O13. The van der Waals surface area contributed by atoms with E-state index in [2.05, 4.69) is 91.0 Å². The van der Waals surface area contributed by atoms with Gasteiger partial charge in [0.25, 0.3) is 0 Å². The summed E-state index contributed by atoms with van der Waals surface area (Å²) in [5.74, 6) is -10.4. The summed E-state index contributed by atoms with van der Waals surface area (Å²) in [7, 11) is 1.44. The van der Waals surface area contributed by atoms with Gasteiger partial charge < -0.3 is 104 Å². The lowest BCUT2D eigenvalue weighted by Crippen LogP contribution is -2.60. The SMILES string of the molecule is CCCCCCCCCCCCCCCC(=O)N[C@@H](CC(C)C)C(=O)N[C@@H](C)C(=O)N[C@@H](CCCN=C(N)N)C(=O)N[C@@H](CC(C)C)C(=O)N[C@@H](CC(C)C)C(=O)N[C@@H](C)C(=O)N[C@@H](CCCN=C(N)N)C(=O)N[C@@H](CC(C)C)C(=O)N[C@@H](CC(C)C)C(=O)N[C@@H](C)C(=O)N[C@@H](CCCN=C(N)N)C(=O)N[C@@H](CC(C)C)C(=O)NC. The van der Waals surface area contributed by atoms with Crippen LogP contribution in [0.2, 0.25) is 0 Å². The van der Waals surface area contributed by atoms with E-state index >= 15 is 0 Å². The Morgan fingerprint density at radius 1 is 0.243 bits per heavy atom. The fourth-order valence-electron chi connectivity index (χ4n) is 12.7. The number of nitrogens with zero attached hydrogens (tertiary/aromatic N) is 3. The van der Waals surface area contributed by atoms with Crippen LogP contribution >= 0.6 is 0 Å². The van der Waals surface area contributed by atoms with Crippen molar-refractivity contribution in [1.82, 2.24) is 69.1 Å². The standard InChI is InChI=1S/C80H152N22O13/c1-18-19-20-21-22-23-24-25-26-27-28-29-30-37-65(103)94-60(42-48(4)5)73(111)91-53(14)66(104)96-57(35-32-39-89-79(83)84)71(109)99-63(45-51(10)11)76(114)102-62(44-50(8)9)75(113)93-55(16)68(106)97-58(36-33-40-90-80(85)86)72(110)100-64(46-52(12)13)77(115)101-61(43-49(6)7)74(112)92-54(15)67(105)95-56(34-31-38-88-78(81)82)70(108)98-59(41-47(2)3)69(107)87-17/h47-64H,18-46H2,1-17H3,(H,87,107)(H,91,111)(H,92,112)(H,93,113)(H,94,103)(H,95,105)(H,96,104)(H,97,106)(H,98,108)(H,99,109)(H,100,110)(H,101,115)(H,102,114)(H4,81,82,88)(H4,83,84,89)(H4,85,86,90)/t53-,54-,55-,56-,57-,58-,59-,60-,61-,62-,63-,64-/m0/s1. The van der Waals surface area contributed by atoms with E-state index in [1.165, 1.54) is 85.6 Å². The number of amides is 13. The topological polar surface area (TPSA) is 571 Å². The van der Waals surface area contributed by atoms with E-state index in [-0.39, 0.29) is 150 Å². The first kappa shape index (κ1) is 106. The van der Waals surface area contributed by atoms with E-state index in [9.17, 15) is 62.3 Å². The van der Waals surface area contributed by atoms with Gasteiger partial charge in [-0.3, -0.25) is 77.3 Å². The zero-order valence-corrected chi connectivity index (χ0v) is 72.5. The number of nitrogens with one attached hydrogen (secondary N) is 13. The zero-order chi connectivity index (χ0) is 87.4. The van der Waals surface area contributed by atoms with Crippen LogP contribution in [0.3, 0.4) is 0 Å². The van der Waals surface area contributed by atoms with Crippen LogP contribution in [0, 0.1) is 35.5 Å². The van der Waals surface area contributed by atoms with Crippen LogP contribution in [0.1, 0.15) is 278 Å². The first-order chi connectivity index (χ1) is 54.0. The molecule has 0 aliphatic heterocycles. The molecule has 0 fully saturated rings. The first-order valence-corrected chi connectivity index (χ1v) is 42.0. The Kier molecular flexibility index (Phi) is 54.9. The summed E-state index contributed by atoms with van der Waals surface area (Å²) in [6, 6.07) is -14.7. The van der Waals surface area contributed by atoms with Crippen molar-refractivity contribution in [1.29, 1.82) is 0 Å². The molecule has 0 unspecified atom stereocenters. The van der Waals surface area contributed by atoms with E-state index in [1.807, 2.05) is 55.4 Å². The third-order valence-corrected chi connectivity index (χ3v) is 18.8. The highest BCUT2D eigenvalue weighted by Crippen LogP contribution is 2.18. The van der Waals surface area contributed by atoms with Crippen LogP contribution in [0.25, 0.3) is 0 Å². The summed E-state index contributed by atoms with van der Waals surface area (Å²) in [6.07, 6.45) is 16.7. The number of carbonyl (C=O) groups excluding carboxylic acids is 13. The molecule has 660 valence electrons. The number of nitrogens with two attached hydrogens (primary N) is 6. The number of aliphatic imine (C=N–C) groups is 3. The van der Waals surface area contributed by atoms with Crippen molar-refractivity contribution in [3.8, 4) is 0 Å². The molecular weight excluding hydrogens is 1480 g/mol. The van der Waals surface area contributed by atoms with E-state index in [0.29, 0.717) is 19.3 Å². The molecule has 115 heavy (non-hydrogen) atoms. The first-order valence-electron chi connectivity index (χ1n) is 42.0. The van der Waals surface area contributed by atoms with Crippen LogP contribution in [0.5, 0.6) is 0 Å². The largest absolute Gasteiger partial charge is 0.370 e. The molecule has 0 aliphatic carbocycles. The van der Waals surface area contributed by atoms with Gasteiger partial charge in [0.05, 0.1) is 0 Å². The average molecular weight is 1630 g/mol. The minimum atomic E-state index is -1.38. The number of hydrogen-bond acceptors (Lipinski definition) is 16. The molecule has 0 aliphatic rings. The second-order valence-electron chi connectivity index (χ2n) is 33.0. The highest BCUT2D eigenvalue weighted by atomic mass is 16.2. The van der Waals surface area contributed by atoms with Gasteiger partial charge in [0.1, 0.15) is 72.5 Å². The Labute approximate surface area is 685 Å². The predicted octanol–water partition coefficient (Wildman–Crippen LogP) is 2.53. The van der Waals surface area contributed by atoms with Gasteiger partial charge in [-0.2, -0.15) is 0 Å². The number of hydrogen-bond donors (Lipinski definition) is 19. The zero-order valence-electron chi connectivity index (χ0n) is 72.5. The van der Waals surface area contributed by atoms with E-state index in [0.717, 1.165) is 19.3 Å². The highest BCUT2D eigenvalue weighted by Gasteiger charge is 2.37. The van der Waals surface area contributed by atoms with Gasteiger partial charge in [-0.05, 0) is 140 Å². The molecule has 0 saturated heterocycles. The molecule has 0 saturated carbocycles. The van der Waals surface area contributed by atoms with Crippen molar-refractivity contribution < 1.29 is 62.3 Å². The van der Waals surface area contributed by atoms with Crippen LogP contribution in [0.4, 0.5) is 0 Å². The van der Waals surface area contributed by atoms with Crippen molar-refractivity contribution in [3.05, 3.63) is 0 Å². The number of unbranched alkanes of at least 4 members (excludes halogenated alkanes) is 12. The molecule has 0 heterocycles. The van der Waals surface area contributed by atoms with E-state index < -0.39 is 143 Å². The molecule has 0 aromatic heterocycles. The number of guanidine groups is 3. The molecule has 13 amide bonds. The number of likely N-dealkylation sites (N-methyl/N-ethyl adjacent to an activating group) is 1. The Balaban J connectivity index is 6.72. The predicted molar refractivity (Wildman–Crippen MR) is 451 cm³/mol. The second-order valence-corrected chi connectivity index (χ2v) is 33.0. The van der Waals surface area contributed by atoms with Gasteiger partial charge in [0.2, 0.25) is 76.8 Å². The quantitative estimate of drug-likeness (QED) is 0.0236. The fraction of sp³-hybridized carbons (Fsp3) is 0.800. The van der Waals surface area contributed by atoms with Gasteiger partial charge in [-0.1, -0.05) is 167 Å². The number of carbonyl (C=O) groups is 13. The summed E-state index contributed by atoms with van der Waals surface area (Å²) < 4.78 is 0. The molecule has 0 spiro atoms. The Hall–Kier alpha value is -9.08. The summed E-state index contributed by atoms with van der Waals surface area (Å²) in [5.41, 5.74) is 33.4. The molecule has 12 atom stereocenters. The average Bonchev–Trinajstić information content (AvgIpc) is 0.858. The summed E-state index contributed by atoms with van der Waals surface area (Å²) >= 11 is 0. The summed E-state index contributed by atoms with van der Waals surface area (Å²) in [4.78, 5) is 194. The normalized spacial score (nSPS) is 14.5. The molecule has 35 nitrogen and oxygen atoms in total. The van der Waals surface area contributed by atoms with E-state index in [4.69, 9.17) is 34.4 Å². The van der Waals surface area contributed by atoms with Crippen LogP contribution in [-0.2, 0) is 62.3 Å². The van der Waals surface area contributed by atoms with Crippen LogP contribution < -0.4 is 104 Å². The maximum absolute atomic E-state index is 14.5. The van der Waals surface area contributed by atoms with E-state index in [1.54, 1.807) is 27.7 Å². The Morgan fingerprint density at radius 3 is 0.670 bits per heavy atom. The summed E-state index contributed by atoms with van der Waals surface area (Å²) in [6.45, 7) is 28.7. The van der Waals surface area contributed by atoms with Gasteiger partial charge in [0, 0.05) is 33.1 Å². The minimum Gasteiger partial charge on any atom is -0.370 e. The van der Waals surface area contributed by atoms with Gasteiger partial charge in [-0.15, -0.1) is 0 Å². The van der Waals surface area contributed by atoms with Gasteiger partial charge in [-0.25, -0.2) is 0 Å². The van der Waals surface area contributed by atoms with Crippen molar-refractivity contribution in [2.45, 2.75) is 350 Å². The number of rotatable bonds is 62.